The molecule has 0 heterocycles. The first-order valence-corrected chi connectivity index (χ1v) is 5.82. The average molecular weight is 277 g/mol. The number of nitrogens with zero attached hydrogens (tertiary/aromatic N) is 2. The fourth-order valence-electron chi connectivity index (χ4n) is 1.59. The van der Waals surface area contributed by atoms with E-state index in [-0.39, 0.29) is 5.56 Å². The van der Waals surface area contributed by atoms with Gasteiger partial charge in [0.1, 0.15) is 6.07 Å². The number of rotatable bonds is 4. The van der Waals surface area contributed by atoms with Gasteiger partial charge in [-0.1, -0.05) is 12.1 Å². The number of carbonyl (C=O) groups excluding carboxylic acids is 1. The average Bonchev–Trinajstić information content (AvgIpc) is 2.42. The summed E-state index contributed by atoms with van der Waals surface area (Å²) >= 11 is 0. The minimum atomic E-state index is -1.42. The van der Waals surface area contributed by atoms with Crippen molar-refractivity contribution in [3.8, 4) is 6.07 Å². The Labute approximate surface area is 116 Å². The third-order valence-corrected chi connectivity index (χ3v) is 2.72. The van der Waals surface area contributed by atoms with E-state index in [1.54, 1.807) is 24.3 Å². The van der Waals surface area contributed by atoms with Crippen molar-refractivity contribution in [1.29, 1.82) is 5.26 Å². The van der Waals surface area contributed by atoms with Crippen LogP contribution in [0.3, 0.4) is 0 Å². The molecule has 0 fully saturated rings. The number of amides is 2. The zero-order valence-electron chi connectivity index (χ0n) is 11.1. The molecule has 0 aliphatic rings. The van der Waals surface area contributed by atoms with Gasteiger partial charge in [0.2, 0.25) is 0 Å². The highest BCUT2D eigenvalue weighted by atomic mass is 16.4. The number of anilines is 1. The van der Waals surface area contributed by atoms with Crippen LogP contribution < -0.4 is 10.2 Å². The molecule has 0 spiro atoms. The number of carbonyl (C=O) groups is 2. The lowest BCUT2D eigenvalue weighted by Gasteiger charge is -2.23. The van der Waals surface area contributed by atoms with E-state index in [0.717, 1.165) is 4.90 Å². The second-order valence-corrected chi connectivity index (χ2v) is 4.19. The highest BCUT2D eigenvalue weighted by Gasteiger charge is 2.27. The highest BCUT2D eigenvalue weighted by molar-refractivity contribution is 5.95. The summed E-state index contributed by atoms with van der Waals surface area (Å²) in [5.41, 5.74) is 0.635. The van der Waals surface area contributed by atoms with E-state index in [1.165, 1.54) is 14.0 Å². The van der Waals surface area contributed by atoms with Gasteiger partial charge in [0, 0.05) is 7.05 Å². The third kappa shape index (κ3) is 3.46. The van der Waals surface area contributed by atoms with Crippen LogP contribution in [-0.2, 0) is 4.79 Å². The van der Waals surface area contributed by atoms with Crippen LogP contribution >= 0.6 is 0 Å². The largest absolute Gasteiger partial charge is 0.480 e. The van der Waals surface area contributed by atoms with Gasteiger partial charge < -0.3 is 15.5 Å². The van der Waals surface area contributed by atoms with Gasteiger partial charge in [-0.25, -0.2) is 9.59 Å². The molecule has 7 heteroatoms. The molecule has 2 amide bonds. The highest BCUT2D eigenvalue weighted by Crippen LogP contribution is 2.18. The standard InChI is InChI=1S/C13H15N3O4/c1-8(17)11(12(18)19)15-13(20)16(2)10-6-4-3-5-9(10)7-14/h3-6,8,11,17H,1-2H3,(H,15,20)(H,18,19). The predicted octanol–water partition coefficient (Wildman–Crippen LogP) is 0.538. The van der Waals surface area contributed by atoms with E-state index in [4.69, 9.17) is 10.4 Å². The molecule has 20 heavy (non-hydrogen) atoms. The molecule has 0 radical (unpaired) electrons. The number of carboxylic acids is 1. The van der Waals surface area contributed by atoms with Crippen LogP contribution in [0.5, 0.6) is 0 Å². The summed E-state index contributed by atoms with van der Waals surface area (Å²) in [7, 11) is 1.41. The van der Waals surface area contributed by atoms with E-state index in [0.29, 0.717) is 5.69 Å². The van der Waals surface area contributed by atoms with Crippen LogP contribution in [0.4, 0.5) is 10.5 Å². The van der Waals surface area contributed by atoms with Crippen molar-refractivity contribution in [2.24, 2.45) is 0 Å². The first-order valence-electron chi connectivity index (χ1n) is 5.82. The summed E-state index contributed by atoms with van der Waals surface area (Å²) in [5, 5.41) is 29.4. The fraction of sp³-hybridized carbons (Fsp3) is 0.308. The Balaban J connectivity index is 2.92. The molecule has 1 aromatic rings. The van der Waals surface area contributed by atoms with Crippen molar-refractivity contribution in [2.75, 3.05) is 11.9 Å². The Morgan fingerprint density at radius 2 is 2.00 bits per heavy atom. The molecule has 0 aliphatic heterocycles. The van der Waals surface area contributed by atoms with Crippen LogP contribution in [0, 0.1) is 11.3 Å². The molecule has 1 rings (SSSR count). The number of para-hydroxylation sites is 1. The van der Waals surface area contributed by atoms with Gasteiger partial charge >= 0.3 is 12.0 Å². The summed E-state index contributed by atoms with van der Waals surface area (Å²) < 4.78 is 0. The van der Waals surface area contributed by atoms with E-state index < -0.39 is 24.1 Å². The molecule has 0 aromatic heterocycles. The lowest BCUT2D eigenvalue weighted by Crippen LogP contribution is -2.51. The van der Waals surface area contributed by atoms with E-state index in [9.17, 15) is 14.7 Å². The minimum Gasteiger partial charge on any atom is -0.480 e. The minimum absolute atomic E-state index is 0.286. The monoisotopic (exact) mass is 277 g/mol. The zero-order valence-corrected chi connectivity index (χ0v) is 11.1. The molecule has 0 aliphatic carbocycles. The topological polar surface area (TPSA) is 114 Å². The van der Waals surface area contributed by atoms with E-state index in [2.05, 4.69) is 5.32 Å². The summed E-state index contributed by atoms with van der Waals surface area (Å²) in [4.78, 5) is 24.0. The van der Waals surface area contributed by atoms with Gasteiger partial charge in [-0.2, -0.15) is 5.26 Å². The number of aliphatic carboxylic acids is 1. The SMILES string of the molecule is CC(O)C(NC(=O)N(C)c1ccccc1C#N)C(=O)O. The Morgan fingerprint density at radius 3 is 2.50 bits per heavy atom. The number of hydrogen-bond acceptors (Lipinski definition) is 4. The number of benzene rings is 1. The predicted molar refractivity (Wildman–Crippen MR) is 71.2 cm³/mol. The molecular formula is C13H15N3O4. The van der Waals surface area contributed by atoms with Crippen molar-refractivity contribution >= 4 is 17.7 Å². The first kappa shape index (κ1) is 15.5. The van der Waals surface area contributed by atoms with Crippen LogP contribution in [0.25, 0.3) is 0 Å². The molecule has 3 N–H and O–H groups in total. The number of nitrogens with one attached hydrogen (secondary N) is 1. The Morgan fingerprint density at radius 1 is 1.40 bits per heavy atom. The van der Waals surface area contributed by atoms with Gasteiger partial charge in [0.25, 0.3) is 0 Å². The van der Waals surface area contributed by atoms with Gasteiger partial charge in [-0.3, -0.25) is 4.90 Å². The van der Waals surface area contributed by atoms with Gasteiger partial charge in [0.15, 0.2) is 6.04 Å². The normalized spacial score (nSPS) is 12.9. The number of urea groups is 1. The number of hydrogen-bond donors (Lipinski definition) is 3. The number of nitriles is 1. The first-order chi connectivity index (χ1) is 9.38. The fourth-order valence-corrected chi connectivity index (χ4v) is 1.59. The molecule has 1 aromatic carbocycles. The molecule has 2 unspecified atom stereocenters. The molecule has 0 bridgehead atoms. The Bertz CT molecular complexity index is 551. The van der Waals surface area contributed by atoms with Gasteiger partial charge in [0.05, 0.1) is 17.4 Å². The van der Waals surface area contributed by atoms with Gasteiger partial charge in [-0.05, 0) is 19.1 Å². The number of aliphatic hydroxyl groups is 1. The maximum Gasteiger partial charge on any atom is 0.328 e. The summed E-state index contributed by atoms with van der Waals surface area (Å²) in [6.45, 7) is 1.27. The lowest BCUT2D eigenvalue weighted by molar-refractivity contribution is -0.141. The molecule has 106 valence electrons. The van der Waals surface area contributed by atoms with Crippen LogP contribution in [0.15, 0.2) is 24.3 Å². The molecule has 0 saturated heterocycles. The second-order valence-electron chi connectivity index (χ2n) is 4.19. The van der Waals surface area contributed by atoms with Crippen LogP contribution in [0.2, 0.25) is 0 Å². The van der Waals surface area contributed by atoms with Crippen molar-refractivity contribution in [3.63, 3.8) is 0 Å². The lowest BCUT2D eigenvalue weighted by atomic mass is 10.1. The summed E-state index contributed by atoms with van der Waals surface area (Å²) in [5.74, 6) is -1.34. The maximum absolute atomic E-state index is 12.0. The van der Waals surface area contributed by atoms with Crippen molar-refractivity contribution in [2.45, 2.75) is 19.1 Å². The van der Waals surface area contributed by atoms with Crippen molar-refractivity contribution in [3.05, 3.63) is 29.8 Å². The van der Waals surface area contributed by atoms with E-state index in [1.807, 2.05) is 6.07 Å². The number of carboxylic acid groups (broad SMARTS) is 1. The Kier molecular flexibility index (Phi) is 5.06. The molecule has 2 atom stereocenters. The smallest absolute Gasteiger partial charge is 0.328 e. The van der Waals surface area contributed by atoms with Crippen LogP contribution in [0.1, 0.15) is 12.5 Å². The van der Waals surface area contributed by atoms with Crippen molar-refractivity contribution < 1.29 is 19.8 Å². The van der Waals surface area contributed by atoms with Gasteiger partial charge in [-0.15, -0.1) is 0 Å². The maximum atomic E-state index is 12.0. The van der Waals surface area contributed by atoms with Crippen LogP contribution in [-0.4, -0.2) is 41.4 Å². The second kappa shape index (κ2) is 6.54. The molecule has 7 nitrogen and oxygen atoms in total. The Hall–Kier alpha value is -2.59. The number of aliphatic hydroxyl groups excluding tert-OH is 1. The summed E-state index contributed by atoms with van der Waals surface area (Å²) in [6.07, 6.45) is -1.24. The zero-order chi connectivity index (χ0) is 15.3. The van der Waals surface area contributed by atoms with Crippen molar-refractivity contribution in [1.82, 2.24) is 5.32 Å². The third-order valence-electron chi connectivity index (χ3n) is 2.72. The quantitative estimate of drug-likeness (QED) is 0.743. The van der Waals surface area contributed by atoms with E-state index >= 15 is 0 Å². The summed E-state index contributed by atoms with van der Waals surface area (Å²) in [6, 6.07) is 6.23. The molecule has 0 saturated carbocycles. The molecular weight excluding hydrogens is 262 g/mol.